The molecule has 0 radical (unpaired) electrons. The number of aliphatic imine (C=N–C) groups is 1. The number of aryl methyl sites for hydroxylation is 1. The zero-order chi connectivity index (χ0) is 18.2. The SMILES string of the molecule is Cc1nnc(CN=C(NCC2CCCO2)NC(C)CCC(C)C)n1C. The first-order valence-corrected chi connectivity index (χ1v) is 9.47. The van der Waals surface area contributed by atoms with Crippen LogP contribution in [-0.4, -0.2) is 46.0 Å². The highest BCUT2D eigenvalue weighted by Crippen LogP contribution is 2.11. The Kier molecular flexibility index (Phi) is 7.68. The Balaban J connectivity index is 1.94. The van der Waals surface area contributed by atoms with Gasteiger partial charge in [-0.3, -0.25) is 0 Å². The molecule has 0 aromatic carbocycles. The van der Waals surface area contributed by atoms with E-state index >= 15 is 0 Å². The number of nitrogens with one attached hydrogen (secondary N) is 2. The van der Waals surface area contributed by atoms with Gasteiger partial charge in [0.25, 0.3) is 0 Å². The second-order valence-electron chi connectivity index (χ2n) is 7.42. The fourth-order valence-electron chi connectivity index (χ4n) is 2.80. The van der Waals surface area contributed by atoms with Gasteiger partial charge in [-0.2, -0.15) is 0 Å². The highest BCUT2D eigenvalue weighted by Gasteiger charge is 2.16. The summed E-state index contributed by atoms with van der Waals surface area (Å²) in [6, 6.07) is 0.374. The van der Waals surface area contributed by atoms with Crippen molar-refractivity contribution in [2.24, 2.45) is 18.0 Å². The minimum absolute atomic E-state index is 0.287. The van der Waals surface area contributed by atoms with E-state index in [1.165, 1.54) is 6.42 Å². The first-order valence-electron chi connectivity index (χ1n) is 9.47. The normalized spacial score (nSPS) is 19.4. The third kappa shape index (κ3) is 6.65. The molecule has 1 fully saturated rings. The van der Waals surface area contributed by atoms with Crippen LogP contribution in [0.25, 0.3) is 0 Å². The van der Waals surface area contributed by atoms with E-state index in [-0.39, 0.29) is 6.10 Å². The molecule has 0 saturated carbocycles. The number of nitrogens with zero attached hydrogens (tertiary/aromatic N) is 4. The molecule has 2 unspecified atom stereocenters. The smallest absolute Gasteiger partial charge is 0.192 e. The molecule has 1 aromatic rings. The van der Waals surface area contributed by atoms with Crippen LogP contribution in [0, 0.1) is 12.8 Å². The maximum absolute atomic E-state index is 5.70. The zero-order valence-corrected chi connectivity index (χ0v) is 16.4. The topological polar surface area (TPSA) is 76.4 Å². The van der Waals surface area contributed by atoms with E-state index in [1.54, 1.807) is 0 Å². The molecule has 1 saturated heterocycles. The van der Waals surface area contributed by atoms with Gasteiger partial charge in [0.15, 0.2) is 11.8 Å². The van der Waals surface area contributed by atoms with Gasteiger partial charge in [-0.1, -0.05) is 13.8 Å². The molecule has 7 heteroatoms. The van der Waals surface area contributed by atoms with Crippen molar-refractivity contribution in [1.29, 1.82) is 0 Å². The quantitative estimate of drug-likeness (QED) is 0.555. The maximum Gasteiger partial charge on any atom is 0.192 e. The lowest BCUT2D eigenvalue weighted by Gasteiger charge is -2.20. The highest BCUT2D eigenvalue weighted by atomic mass is 16.5. The Morgan fingerprint density at radius 2 is 2.12 bits per heavy atom. The van der Waals surface area contributed by atoms with Crippen molar-refractivity contribution in [1.82, 2.24) is 25.4 Å². The van der Waals surface area contributed by atoms with E-state index in [0.29, 0.717) is 18.5 Å². The zero-order valence-electron chi connectivity index (χ0n) is 16.4. The summed E-state index contributed by atoms with van der Waals surface area (Å²) in [6.45, 7) is 10.8. The van der Waals surface area contributed by atoms with Gasteiger partial charge in [-0.05, 0) is 45.4 Å². The predicted octanol–water partition coefficient (Wildman–Crippen LogP) is 2.16. The van der Waals surface area contributed by atoms with Crippen LogP contribution >= 0.6 is 0 Å². The van der Waals surface area contributed by atoms with Crippen molar-refractivity contribution in [3.63, 3.8) is 0 Å². The molecular weight excluding hydrogens is 316 g/mol. The van der Waals surface area contributed by atoms with Gasteiger partial charge in [0, 0.05) is 26.2 Å². The number of ether oxygens (including phenoxy) is 1. The molecule has 142 valence electrons. The summed E-state index contributed by atoms with van der Waals surface area (Å²) in [4.78, 5) is 4.71. The molecule has 1 aromatic heterocycles. The molecule has 0 spiro atoms. The van der Waals surface area contributed by atoms with E-state index in [4.69, 9.17) is 9.73 Å². The summed E-state index contributed by atoms with van der Waals surface area (Å²) in [7, 11) is 1.97. The second-order valence-corrected chi connectivity index (χ2v) is 7.42. The lowest BCUT2D eigenvalue weighted by atomic mass is 10.0. The molecule has 2 atom stereocenters. The monoisotopic (exact) mass is 350 g/mol. The van der Waals surface area contributed by atoms with Crippen molar-refractivity contribution in [3.05, 3.63) is 11.6 Å². The molecule has 2 heterocycles. The average Bonchev–Trinajstić information content (AvgIpc) is 3.20. The van der Waals surface area contributed by atoms with Crippen LogP contribution in [0.1, 0.15) is 58.1 Å². The molecule has 0 amide bonds. The maximum atomic E-state index is 5.70. The van der Waals surface area contributed by atoms with Crippen molar-refractivity contribution in [3.8, 4) is 0 Å². The average molecular weight is 351 g/mol. The molecule has 0 aliphatic carbocycles. The van der Waals surface area contributed by atoms with Crippen molar-refractivity contribution >= 4 is 5.96 Å². The number of guanidine groups is 1. The van der Waals surface area contributed by atoms with Crippen LogP contribution in [0.2, 0.25) is 0 Å². The van der Waals surface area contributed by atoms with E-state index in [2.05, 4.69) is 41.6 Å². The third-order valence-corrected chi connectivity index (χ3v) is 4.64. The number of aromatic nitrogens is 3. The standard InChI is InChI=1S/C18H34N6O/c1-13(2)8-9-14(3)21-18(19-11-16-7-6-10-25-16)20-12-17-23-22-15(4)24(17)5/h13-14,16H,6-12H2,1-5H3,(H2,19,20,21). The Hall–Kier alpha value is -1.63. The summed E-state index contributed by atoms with van der Waals surface area (Å²) >= 11 is 0. The minimum Gasteiger partial charge on any atom is -0.376 e. The van der Waals surface area contributed by atoms with Crippen LogP contribution in [0.15, 0.2) is 4.99 Å². The first kappa shape index (κ1) is 19.7. The van der Waals surface area contributed by atoms with Gasteiger partial charge in [0.2, 0.25) is 0 Å². The van der Waals surface area contributed by atoms with Crippen LogP contribution in [-0.2, 0) is 18.3 Å². The largest absolute Gasteiger partial charge is 0.376 e. The van der Waals surface area contributed by atoms with Crippen LogP contribution in [0.3, 0.4) is 0 Å². The summed E-state index contributed by atoms with van der Waals surface area (Å²) < 4.78 is 7.68. The van der Waals surface area contributed by atoms with Crippen LogP contribution in [0.5, 0.6) is 0 Å². The van der Waals surface area contributed by atoms with Crippen molar-refractivity contribution < 1.29 is 4.74 Å². The van der Waals surface area contributed by atoms with E-state index in [0.717, 1.165) is 50.0 Å². The molecule has 1 aliphatic rings. The van der Waals surface area contributed by atoms with Crippen LogP contribution in [0.4, 0.5) is 0 Å². The fourth-order valence-corrected chi connectivity index (χ4v) is 2.80. The predicted molar refractivity (Wildman–Crippen MR) is 101 cm³/mol. The Morgan fingerprint density at radius 1 is 1.32 bits per heavy atom. The van der Waals surface area contributed by atoms with Crippen LogP contribution < -0.4 is 10.6 Å². The summed E-state index contributed by atoms with van der Waals surface area (Å²) in [5.74, 6) is 3.31. The fraction of sp³-hybridized carbons (Fsp3) is 0.833. The Labute approximate surface area is 151 Å². The molecule has 0 bridgehead atoms. The first-order chi connectivity index (χ1) is 12.0. The number of rotatable bonds is 8. The molecule has 2 N–H and O–H groups in total. The molecule has 7 nitrogen and oxygen atoms in total. The van der Waals surface area contributed by atoms with Gasteiger partial charge in [-0.25, -0.2) is 4.99 Å². The third-order valence-electron chi connectivity index (χ3n) is 4.64. The summed E-state index contributed by atoms with van der Waals surface area (Å²) in [6.07, 6.45) is 4.88. The summed E-state index contributed by atoms with van der Waals surface area (Å²) in [5, 5.41) is 15.2. The molecule has 25 heavy (non-hydrogen) atoms. The molecular formula is C18H34N6O. The second kappa shape index (κ2) is 9.75. The molecule has 1 aliphatic heterocycles. The van der Waals surface area contributed by atoms with E-state index in [1.807, 2.05) is 18.5 Å². The van der Waals surface area contributed by atoms with Crippen molar-refractivity contribution in [2.45, 2.75) is 72.1 Å². The molecule has 2 rings (SSSR count). The highest BCUT2D eigenvalue weighted by molar-refractivity contribution is 5.80. The van der Waals surface area contributed by atoms with Gasteiger partial charge < -0.3 is 19.9 Å². The number of hydrogen-bond donors (Lipinski definition) is 2. The van der Waals surface area contributed by atoms with E-state index < -0.39 is 0 Å². The van der Waals surface area contributed by atoms with Gasteiger partial charge in [0.1, 0.15) is 12.4 Å². The Morgan fingerprint density at radius 3 is 2.72 bits per heavy atom. The number of hydrogen-bond acceptors (Lipinski definition) is 4. The minimum atomic E-state index is 0.287. The lowest BCUT2D eigenvalue weighted by Crippen LogP contribution is -2.45. The van der Waals surface area contributed by atoms with E-state index in [9.17, 15) is 0 Å². The summed E-state index contributed by atoms with van der Waals surface area (Å²) in [5.41, 5.74) is 0. The van der Waals surface area contributed by atoms with Gasteiger partial charge in [-0.15, -0.1) is 10.2 Å². The van der Waals surface area contributed by atoms with Gasteiger partial charge in [0.05, 0.1) is 6.10 Å². The Bertz CT molecular complexity index is 548. The van der Waals surface area contributed by atoms with Crippen molar-refractivity contribution in [2.75, 3.05) is 13.2 Å². The lowest BCUT2D eigenvalue weighted by molar-refractivity contribution is 0.113. The van der Waals surface area contributed by atoms with Gasteiger partial charge >= 0.3 is 0 Å².